The van der Waals surface area contributed by atoms with Gasteiger partial charge in [0.2, 0.25) is 5.91 Å². The number of aryl methyl sites for hydroxylation is 2. The second-order valence-corrected chi connectivity index (χ2v) is 10.0. The summed E-state index contributed by atoms with van der Waals surface area (Å²) in [4.78, 5) is 34.0. The van der Waals surface area contributed by atoms with Gasteiger partial charge in [-0.25, -0.2) is 19.9 Å². The molecule has 0 saturated carbocycles. The van der Waals surface area contributed by atoms with E-state index in [9.17, 15) is 4.79 Å². The van der Waals surface area contributed by atoms with Gasteiger partial charge in [0.15, 0.2) is 22.1 Å². The fraction of sp³-hybridized carbons (Fsp3) is 0.458. The molecule has 0 spiro atoms. The van der Waals surface area contributed by atoms with Crippen molar-refractivity contribution < 1.29 is 9.53 Å². The molecule has 34 heavy (non-hydrogen) atoms. The zero-order chi connectivity index (χ0) is 23.1. The van der Waals surface area contributed by atoms with E-state index < -0.39 is 0 Å². The third kappa shape index (κ3) is 3.85. The monoisotopic (exact) mass is 477 g/mol. The van der Waals surface area contributed by atoms with Crippen LogP contribution in [0.15, 0.2) is 24.5 Å². The Labute approximate surface area is 201 Å². The van der Waals surface area contributed by atoms with Crippen molar-refractivity contribution in [2.75, 3.05) is 30.4 Å². The maximum atomic E-state index is 13.2. The normalized spacial score (nSPS) is 18.6. The number of hydrogen-bond donors (Lipinski definition) is 1. The van der Waals surface area contributed by atoms with E-state index in [1.807, 2.05) is 18.2 Å². The van der Waals surface area contributed by atoms with Crippen LogP contribution in [0.25, 0.3) is 21.4 Å². The molecule has 1 amide bonds. The standard InChI is InChI=1S/C24H27N7O2S/c1-33-16-8-9-17-18(12-16)34-24(27-17)29-23(32)15-6-5-10-30(13-15)21-20-22(26-14-25-21)31-11-4-2-3-7-19(31)28-20/h8-9,12,14-15H,2-7,10-11,13H2,1H3,(H,27,29,32)/t15-/m0/s1. The molecular weight excluding hydrogens is 450 g/mol. The van der Waals surface area contributed by atoms with Crippen LogP contribution in [0.3, 0.4) is 0 Å². The first-order chi connectivity index (χ1) is 16.7. The number of rotatable bonds is 4. The number of carbonyl (C=O) groups excluding carboxylic acids is 1. The molecule has 10 heteroatoms. The van der Waals surface area contributed by atoms with Crippen molar-refractivity contribution in [2.45, 2.75) is 45.1 Å². The zero-order valence-corrected chi connectivity index (χ0v) is 20.0. The van der Waals surface area contributed by atoms with Crippen LogP contribution >= 0.6 is 11.3 Å². The number of nitrogens with zero attached hydrogens (tertiary/aromatic N) is 6. The van der Waals surface area contributed by atoms with E-state index in [1.54, 1.807) is 13.4 Å². The van der Waals surface area contributed by atoms with Crippen LogP contribution < -0.4 is 15.0 Å². The van der Waals surface area contributed by atoms with Crippen molar-refractivity contribution in [3.05, 3.63) is 30.4 Å². The molecule has 0 unspecified atom stereocenters. The van der Waals surface area contributed by atoms with Gasteiger partial charge in [0.05, 0.1) is 23.2 Å². The van der Waals surface area contributed by atoms with E-state index in [0.29, 0.717) is 11.7 Å². The van der Waals surface area contributed by atoms with Crippen molar-refractivity contribution in [1.82, 2.24) is 24.5 Å². The molecule has 6 rings (SSSR count). The number of amides is 1. The first kappa shape index (κ1) is 21.3. The van der Waals surface area contributed by atoms with E-state index in [-0.39, 0.29) is 11.8 Å². The van der Waals surface area contributed by atoms with Gasteiger partial charge in [0.1, 0.15) is 17.9 Å². The summed E-state index contributed by atoms with van der Waals surface area (Å²) in [6.07, 6.45) is 7.93. The first-order valence-corrected chi connectivity index (χ1v) is 12.7. The molecule has 4 aromatic rings. The highest BCUT2D eigenvalue weighted by atomic mass is 32.1. The average molecular weight is 478 g/mol. The Morgan fingerprint density at radius 3 is 3.00 bits per heavy atom. The van der Waals surface area contributed by atoms with Crippen LogP contribution in [0.4, 0.5) is 10.9 Å². The Kier molecular flexibility index (Phi) is 5.52. The molecule has 176 valence electrons. The minimum atomic E-state index is -0.138. The Morgan fingerprint density at radius 2 is 2.09 bits per heavy atom. The van der Waals surface area contributed by atoms with Gasteiger partial charge in [0, 0.05) is 26.1 Å². The quantitative estimate of drug-likeness (QED) is 0.474. The van der Waals surface area contributed by atoms with Gasteiger partial charge in [-0.1, -0.05) is 17.8 Å². The van der Waals surface area contributed by atoms with Gasteiger partial charge in [-0.2, -0.15) is 0 Å². The van der Waals surface area contributed by atoms with Crippen LogP contribution in [0.1, 0.15) is 37.9 Å². The molecular formula is C24H27N7O2S. The third-order valence-corrected chi connectivity index (χ3v) is 7.72. The average Bonchev–Trinajstić information content (AvgIpc) is 3.35. The smallest absolute Gasteiger partial charge is 0.231 e. The molecule has 0 bridgehead atoms. The minimum Gasteiger partial charge on any atom is -0.497 e. The number of benzene rings is 1. The Morgan fingerprint density at radius 1 is 1.15 bits per heavy atom. The number of piperidine rings is 1. The van der Waals surface area contributed by atoms with Crippen molar-refractivity contribution in [2.24, 2.45) is 5.92 Å². The van der Waals surface area contributed by atoms with Gasteiger partial charge in [-0.15, -0.1) is 0 Å². The molecule has 2 aliphatic heterocycles. The Balaban J connectivity index is 1.22. The fourth-order valence-corrected chi connectivity index (χ4v) is 5.93. The van der Waals surface area contributed by atoms with Gasteiger partial charge in [-0.3, -0.25) is 4.79 Å². The van der Waals surface area contributed by atoms with E-state index in [0.717, 1.165) is 84.0 Å². The van der Waals surface area contributed by atoms with Crippen LogP contribution in [-0.2, 0) is 17.8 Å². The van der Waals surface area contributed by atoms with Crippen LogP contribution in [0.2, 0.25) is 0 Å². The summed E-state index contributed by atoms with van der Waals surface area (Å²) in [5.74, 6) is 2.59. The molecule has 1 N–H and O–H groups in total. The van der Waals surface area contributed by atoms with Crippen molar-refractivity contribution in [1.29, 1.82) is 0 Å². The van der Waals surface area contributed by atoms with Crippen LogP contribution in [-0.4, -0.2) is 50.6 Å². The molecule has 1 saturated heterocycles. The lowest BCUT2D eigenvalue weighted by Gasteiger charge is -2.32. The molecule has 1 fully saturated rings. The number of hydrogen-bond acceptors (Lipinski definition) is 8. The summed E-state index contributed by atoms with van der Waals surface area (Å²) < 4.78 is 8.54. The highest BCUT2D eigenvalue weighted by Crippen LogP contribution is 2.32. The van der Waals surface area contributed by atoms with Crippen molar-refractivity contribution in [3.63, 3.8) is 0 Å². The minimum absolute atomic E-state index is 0.00152. The fourth-order valence-electron chi connectivity index (χ4n) is 5.03. The number of methoxy groups -OCH3 is 1. The lowest BCUT2D eigenvalue weighted by molar-refractivity contribution is -0.120. The zero-order valence-electron chi connectivity index (χ0n) is 19.2. The summed E-state index contributed by atoms with van der Waals surface area (Å²) in [6, 6.07) is 5.73. The second kappa shape index (κ2) is 8.83. The molecule has 1 aromatic carbocycles. The van der Waals surface area contributed by atoms with E-state index in [4.69, 9.17) is 9.72 Å². The maximum absolute atomic E-state index is 13.2. The molecule has 1 atom stereocenters. The lowest BCUT2D eigenvalue weighted by Crippen LogP contribution is -2.41. The van der Waals surface area contributed by atoms with Crippen molar-refractivity contribution in [3.8, 4) is 5.75 Å². The summed E-state index contributed by atoms with van der Waals surface area (Å²) in [7, 11) is 1.64. The molecule has 9 nitrogen and oxygen atoms in total. The van der Waals surface area contributed by atoms with Gasteiger partial charge in [-0.05, 0) is 43.9 Å². The van der Waals surface area contributed by atoms with E-state index >= 15 is 0 Å². The molecule has 3 aromatic heterocycles. The molecule has 2 aliphatic rings. The van der Waals surface area contributed by atoms with Crippen molar-refractivity contribution >= 4 is 49.6 Å². The summed E-state index contributed by atoms with van der Waals surface area (Å²) in [5, 5.41) is 3.66. The van der Waals surface area contributed by atoms with Gasteiger partial charge in [0.25, 0.3) is 0 Å². The van der Waals surface area contributed by atoms with Crippen LogP contribution in [0.5, 0.6) is 5.75 Å². The number of carbonyl (C=O) groups is 1. The highest BCUT2D eigenvalue weighted by Gasteiger charge is 2.29. The van der Waals surface area contributed by atoms with Crippen LogP contribution in [0, 0.1) is 5.92 Å². The predicted molar refractivity (Wildman–Crippen MR) is 133 cm³/mol. The Bertz CT molecular complexity index is 1360. The largest absolute Gasteiger partial charge is 0.497 e. The molecule has 0 aliphatic carbocycles. The van der Waals surface area contributed by atoms with E-state index in [1.165, 1.54) is 17.8 Å². The summed E-state index contributed by atoms with van der Waals surface area (Å²) in [5.41, 5.74) is 2.63. The Hall–Kier alpha value is -3.27. The lowest BCUT2D eigenvalue weighted by atomic mass is 9.97. The topological polar surface area (TPSA) is 98.1 Å². The number of imidazole rings is 1. The summed E-state index contributed by atoms with van der Waals surface area (Å²) in [6.45, 7) is 2.43. The molecule has 0 radical (unpaired) electrons. The number of ether oxygens (including phenoxy) is 1. The third-order valence-electron chi connectivity index (χ3n) is 6.79. The number of thiazole rings is 1. The van der Waals surface area contributed by atoms with Gasteiger partial charge < -0.3 is 19.5 Å². The predicted octanol–water partition coefficient (Wildman–Crippen LogP) is 4.03. The first-order valence-electron chi connectivity index (χ1n) is 11.9. The molecule has 5 heterocycles. The number of nitrogens with one attached hydrogen (secondary N) is 1. The second-order valence-electron chi connectivity index (χ2n) is 8.99. The SMILES string of the molecule is COc1ccc2nc(NC(=O)[C@H]3CCCN(c4ncnc5c4nc4n5CCCCC4)C3)sc2c1. The van der Waals surface area contributed by atoms with E-state index in [2.05, 4.69) is 29.7 Å². The number of aromatic nitrogens is 5. The summed E-state index contributed by atoms with van der Waals surface area (Å²) >= 11 is 1.47. The van der Waals surface area contributed by atoms with Gasteiger partial charge >= 0.3 is 0 Å². The number of anilines is 2. The maximum Gasteiger partial charge on any atom is 0.231 e. The number of fused-ring (bicyclic) bond motifs is 4. The highest BCUT2D eigenvalue weighted by molar-refractivity contribution is 7.22.